The summed E-state index contributed by atoms with van der Waals surface area (Å²) in [6.07, 6.45) is -4.39. The third kappa shape index (κ3) is 4.00. The molecule has 1 aromatic rings. The van der Waals surface area contributed by atoms with Gasteiger partial charge < -0.3 is 5.11 Å². The maximum absolute atomic E-state index is 12.6. The van der Waals surface area contributed by atoms with Crippen LogP contribution in [0.3, 0.4) is 0 Å². The molecule has 1 fully saturated rings. The highest BCUT2D eigenvalue weighted by molar-refractivity contribution is 5.87. The fraction of sp³-hybridized carbons (Fsp3) is 0.562. The van der Waals surface area contributed by atoms with Crippen LogP contribution in [0.2, 0.25) is 0 Å². The van der Waals surface area contributed by atoms with Crippen LogP contribution in [0.5, 0.6) is 0 Å². The van der Waals surface area contributed by atoms with E-state index in [2.05, 4.69) is 0 Å². The molecule has 0 amide bonds. The van der Waals surface area contributed by atoms with Gasteiger partial charge in [0, 0.05) is 25.0 Å². The number of halogens is 3. The molecule has 1 heterocycles. The third-order valence-corrected chi connectivity index (χ3v) is 4.45. The van der Waals surface area contributed by atoms with Crippen LogP contribution in [-0.4, -0.2) is 34.2 Å². The number of alkyl halides is 3. The number of carboxylic acid groups (broad SMARTS) is 1. The van der Waals surface area contributed by atoms with Gasteiger partial charge in [0.25, 0.3) is 0 Å². The molecule has 1 aliphatic heterocycles. The molecule has 0 bridgehead atoms. The zero-order valence-electron chi connectivity index (χ0n) is 12.6. The van der Waals surface area contributed by atoms with Gasteiger partial charge in [-0.3, -0.25) is 4.90 Å². The second kappa shape index (κ2) is 6.28. The minimum atomic E-state index is -4.14. The van der Waals surface area contributed by atoms with Gasteiger partial charge in [0.05, 0.1) is 5.56 Å². The quantitative estimate of drug-likeness (QED) is 0.915. The molecule has 1 N–H and O–H groups in total. The summed E-state index contributed by atoms with van der Waals surface area (Å²) < 4.78 is 37.9. The van der Waals surface area contributed by atoms with E-state index in [1.54, 1.807) is 12.1 Å². The number of carbonyl (C=O) groups is 1. The molecule has 0 aromatic heterocycles. The number of hydrogen-bond acceptors (Lipinski definition) is 2. The molecule has 2 rings (SSSR count). The predicted octanol–water partition coefficient (Wildman–Crippen LogP) is 3.94. The second-order valence-electron chi connectivity index (χ2n) is 6.08. The van der Waals surface area contributed by atoms with E-state index in [1.807, 2.05) is 24.8 Å². The summed E-state index contributed by atoms with van der Waals surface area (Å²) in [6.45, 7) is 4.21. The Morgan fingerprint density at radius 3 is 2.64 bits per heavy atom. The fourth-order valence-corrected chi connectivity index (χ4v) is 3.31. The molecule has 122 valence electrons. The summed E-state index contributed by atoms with van der Waals surface area (Å²) in [7, 11) is 0. The normalized spacial score (nSPS) is 26.3. The standard InChI is InChI=1S/C16H20F3NO2/c1-10-6-14(8-16(17,18)19)11(2)20(10)9-12-4-3-5-13(7-12)15(21)22/h3-5,7,10-11,14H,6,8-9H2,1-2H3,(H,21,22)/t10-,11+,14?/m0/s1. The van der Waals surface area contributed by atoms with Crippen molar-refractivity contribution in [2.24, 2.45) is 5.92 Å². The van der Waals surface area contributed by atoms with Gasteiger partial charge in [0.15, 0.2) is 0 Å². The average Bonchev–Trinajstić information content (AvgIpc) is 2.65. The molecule has 0 saturated carbocycles. The summed E-state index contributed by atoms with van der Waals surface area (Å²) >= 11 is 0. The molecular weight excluding hydrogens is 295 g/mol. The first-order valence-corrected chi connectivity index (χ1v) is 7.32. The molecule has 1 unspecified atom stereocenters. The SMILES string of the molecule is C[C@@H]1C(CC(F)(F)F)C[C@H](C)N1Cc1cccc(C(=O)O)c1. The lowest BCUT2D eigenvalue weighted by atomic mass is 9.96. The zero-order chi connectivity index (χ0) is 16.5. The van der Waals surface area contributed by atoms with E-state index in [0.717, 1.165) is 5.56 Å². The Kier molecular flexibility index (Phi) is 4.80. The van der Waals surface area contributed by atoms with Crippen molar-refractivity contribution in [1.29, 1.82) is 0 Å². The van der Waals surface area contributed by atoms with E-state index in [-0.39, 0.29) is 17.6 Å². The van der Waals surface area contributed by atoms with E-state index in [4.69, 9.17) is 5.11 Å². The Balaban J connectivity index is 2.09. The van der Waals surface area contributed by atoms with Crippen molar-refractivity contribution in [2.45, 2.75) is 51.5 Å². The van der Waals surface area contributed by atoms with E-state index >= 15 is 0 Å². The number of aromatic carboxylic acids is 1. The second-order valence-corrected chi connectivity index (χ2v) is 6.08. The summed E-state index contributed by atoms with van der Waals surface area (Å²) in [6, 6.07) is 6.44. The molecule has 1 aliphatic rings. The number of likely N-dealkylation sites (tertiary alicyclic amines) is 1. The zero-order valence-corrected chi connectivity index (χ0v) is 12.6. The number of nitrogens with zero attached hydrogens (tertiary/aromatic N) is 1. The lowest BCUT2D eigenvalue weighted by Gasteiger charge is -2.28. The number of carboxylic acids is 1. The van der Waals surface area contributed by atoms with Crippen LogP contribution < -0.4 is 0 Å². The van der Waals surface area contributed by atoms with Gasteiger partial charge in [-0.05, 0) is 43.9 Å². The lowest BCUT2D eigenvalue weighted by molar-refractivity contribution is -0.145. The molecule has 0 radical (unpaired) electrons. The molecule has 22 heavy (non-hydrogen) atoms. The number of benzene rings is 1. The number of hydrogen-bond donors (Lipinski definition) is 1. The lowest BCUT2D eigenvalue weighted by Crippen LogP contribution is -2.34. The first-order valence-electron chi connectivity index (χ1n) is 7.32. The van der Waals surface area contributed by atoms with Gasteiger partial charge in [0.2, 0.25) is 0 Å². The monoisotopic (exact) mass is 315 g/mol. The molecule has 0 spiro atoms. The van der Waals surface area contributed by atoms with Crippen LogP contribution in [0.15, 0.2) is 24.3 Å². The van der Waals surface area contributed by atoms with Crippen LogP contribution in [0.4, 0.5) is 13.2 Å². The molecule has 3 nitrogen and oxygen atoms in total. The highest BCUT2D eigenvalue weighted by Crippen LogP contribution is 2.38. The van der Waals surface area contributed by atoms with Crippen LogP contribution >= 0.6 is 0 Å². The van der Waals surface area contributed by atoms with Crippen molar-refractivity contribution in [3.05, 3.63) is 35.4 Å². The predicted molar refractivity (Wildman–Crippen MR) is 76.6 cm³/mol. The minimum Gasteiger partial charge on any atom is -0.478 e. The average molecular weight is 315 g/mol. The van der Waals surface area contributed by atoms with Gasteiger partial charge in [0.1, 0.15) is 0 Å². The molecule has 1 saturated heterocycles. The van der Waals surface area contributed by atoms with Crippen LogP contribution in [-0.2, 0) is 6.54 Å². The summed E-state index contributed by atoms with van der Waals surface area (Å²) in [4.78, 5) is 13.0. The Labute approximate surface area is 127 Å². The Hall–Kier alpha value is -1.56. The molecule has 3 atom stereocenters. The largest absolute Gasteiger partial charge is 0.478 e. The van der Waals surface area contributed by atoms with Gasteiger partial charge in [-0.1, -0.05) is 12.1 Å². The highest BCUT2D eigenvalue weighted by atomic mass is 19.4. The molecule has 6 heteroatoms. The van der Waals surface area contributed by atoms with Gasteiger partial charge >= 0.3 is 12.1 Å². The smallest absolute Gasteiger partial charge is 0.389 e. The minimum absolute atomic E-state index is 0.0517. The molecule has 1 aromatic carbocycles. The van der Waals surface area contributed by atoms with Crippen molar-refractivity contribution in [3.63, 3.8) is 0 Å². The first kappa shape index (κ1) is 16.8. The summed E-state index contributed by atoms with van der Waals surface area (Å²) in [5, 5.41) is 9.01. The van der Waals surface area contributed by atoms with Crippen molar-refractivity contribution >= 4 is 5.97 Å². The van der Waals surface area contributed by atoms with E-state index in [0.29, 0.717) is 13.0 Å². The van der Waals surface area contributed by atoms with E-state index < -0.39 is 24.5 Å². The third-order valence-electron chi connectivity index (χ3n) is 4.45. The van der Waals surface area contributed by atoms with Crippen molar-refractivity contribution < 1.29 is 23.1 Å². The van der Waals surface area contributed by atoms with Crippen molar-refractivity contribution in [1.82, 2.24) is 4.90 Å². The Bertz CT molecular complexity index is 544. The van der Waals surface area contributed by atoms with E-state index in [9.17, 15) is 18.0 Å². The van der Waals surface area contributed by atoms with Crippen LogP contribution in [0, 0.1) is 5.92 Å². The van der Waals surface area contributed by atoms with Gasteiger partial charge in [-0.2, -0.15) is 13.2 Å². The topological polar surface area (TPSA) is 40.5 Å². The fourth-order valence-electron chi connectivity index (χ4n) is 3.31. The maximum Gasteiger partial charge on any atom is 0.389 e. The van der Waals surface area contributed by atoms with Gasteiger partial charge in [-0.25, -0.2) is 4.79 Å². The van der Waals surface area contributed by atoms with Crippen molar-refractivity contribution in [2.75, 3.05) is 0 Å². The highest BCUT2D eigenvalue weighted by Gasteiger charge is 2.42. The Morgan fingerprint density at radius 2 is 2.05 bits per heavy atom. The summed E-state index contributed by atoms with van der Waals surface area (Å²) in [5.41, 5.74) is 1.01. The summed E-state index contributed by atoms with van der Waals surface area (Å²) in [5.74, 6) is -1.41. The molecule has 0 aliphatic carbocycles. The number of rotatable bonds is 4. The van der Waals surface area contributed by atoms with Crippen molar-refractivity contribution in [3.8, 4) is 0 Å². The Morgan fingerprint density at radius 1 is 1.36 bits per heavy atom. The van der Waals surface area contributed by atoms with Gasteiger partial charge in [-0.15, -0.1) is 0 Å². The van der Waals surface area contributed by atoms with Crippen LogP contribution in [0.25, 0.3) is 0 Å². The molecular formula is C16H20F3NO2. The van der Waals surface area contributed by atoms with Crippen LogP contribution in [0.1, 0.15) is 42.6 Å². The van der Waals surface area contributed by atoms with E-state index in [1.165, 1.54) is 6.07 Å². The first-order chi connectivity index (χ1) is 10.2. The maximum atomic E-state index is 12.6.